The molecule has 3 aliphatic rings. The van der Waals surface area contributed by atoms with Gasteiger partial charge in [-0.05, 0) is 42.9 Å². The number of methoxy groups -OCH3 is 1. The molecule has 6 heteroatoms. The summed E-state index contributed by atoms with van der Waals surface area (Å²) in [7, 11) is 5.22. The van der Waals surface area contributed by atoms with Crippen molar-refractivity contribution in [2.45, 2.75) is 31.7 Å². The van der Waals surface area contributed by atoms with E-state index in [1.807, 2.05) is 34.1 Å². The van der Waals surface area contributed by atoms with Crippen LogP contribution in [-0.2, 0) is 11.2 Å². The second-order valence-electron chi connectivity index (χ2n) is 7.58. The quantitative estimate of drug-likeness (QED) is 0.828. The minimum atomic E-state index is 0.0487. The van der Waals surface area contributed by atoms with Crippen LogP contribution in [0.5, 0.6) is 5.75 Å². The molecule has 3 fully saturated rings. The summed E-state index contributed by atoms with van der Waals surface area (Å²) in [6.07, 6.45) is 3.30. The van der Waals surface area contributed by atoms with Gasteiger partial charge < -0.3 is 19.4 Å². The average molecular weight is 359 g/mol. The van der Waals surface area contributed by atoms with Crippen molar-refractivity contribution in [3.05, 3.63) is 29.8 Å². The van der Waals surface area contributed by atoms with Gasteiger partial charge in [-0.2, -0.15) is 0 Å². The number of hydrogen-bond donors (Lipinski definition) is 0. The van der Waals surface area contributed by atoms with Gasteiger partial charge in [0.15, 0.2) is 0 Å². The van der Waals surface area contributed by atoms with Crippen molar-refractivity contribution < 1.29 is 14.3 Å². The molecular formula is C20H29N3O3. The van der Waals surface area contributed by atoms with E-state index in [1.165, 1.54) is 0 Å². The van der Waals surface area contributed by atoms with E-state index in [1.54, 1.807) is 26.1 Å². The van der Waals surface area contributed by atoms with E-state index >= 15 is 0 Å². The highest BCUT2D eigenvalue weighted by Gasteiger charge is 2.38. The summed E-state index contributed by atoms with van der Waals surface area (Å²) >= 11 is 0. The largest absolute Gasteiger partial charge is 0.497 e. The molecule has 4 rings (SSSR count). The zero-order valence-corrected chi connectivity index (χ0v) is 16.0. The average Bonchev–Trinajstić information content (AvgIpc) is 2.97. The van der Waals surface area contributed by atoms with Crippen LogP contribution in [0, 0.1) is 5.92 Å². The third-order valence-electron chi connectivity index (χ3n) is 5.45. The lowest BCUT2D eigenvalue weighted by Crippen LogP contribution is -2.48. The molecule has 0 radical (unpaired) electrons. The van der Waals surface area contributed by atoms with E-state index in [0.29, 0.717) is 25.3 Å². The molecule has 3 heterocycles. The van der Waals surface area contributed by atoms with Gasteiger partial charge in [-0.1, -0.05) is 12.1 Å². The topological polar surface area (TPSA) is 53.1 Å². The van der Waals surface area contributed by atoms with Gasteiger partial charge in [0.25, 0.3) is 0 Å². The van der Waals surface area contributed by atoms with Crippen molar-refractivity contribution >= 4 is 11.9 Å². The summed E-state index contributed by atoms with van der Waals surface area (Å²) in [5.41, 5.74) is 1.11. The highest BCUT2D eigenvalue weighted by molar-refractivity contribution is 5.78. The molecule has 3 amide bonds. The first kappa shape index (κ1) is 18.5. The number of ether oxygens (including phenoxy) is 1. The molecule has 142 valence electrons. The molecule has 0 saturated carbocycles. The van der Waals surface area contributed by atoms with E-state index in [0.717, 1.165) is 37.2 Å². The van der Waals surface area contributed by atoms with Crippen LogP contribution in [0.4, 0.5) is 4.79 Å². The number of piperidine rings is 1. The SMILES string of the molecule is COc1cccc(CCC(=O)N2C[C@H]3CC[C@@H]2CN(C(=O)N(C)C)C3)c1. The summed E-state index contributed by atoms with van der Waals surface area (Å²) in [5, 5.41) is 0. The van der Waals surface area contributed by atoms with Crippen LogP contribution in [0.15, 0.2) is 24.3 Å². The number of aryl methyl sites for hydroxylation is 1. The molecule has 0 spiro atoms. The first-order chi connectivity index (χ1) is 12.5. The number of fused-ring (bicyclic) bond motifs is 4. The van der Waals surface area contributed by atoms with Crippen LogP contribution in [-0.4, -0.2) is 73.5 Å². The Morgan fingerprint density at radius 3 is 2.73 bits per heavy atom. The van der Waals surface area contributed by atoms with Crippen molar-refractivity contribution in [1.29, 1.82) is 0 Å². The molecule has 0 N–H and O–H groups in total. The molecular weight excluding hydrogens is 330 g/mol. The van der Waals surface area contributed by atoms with Crippen molar-refractivity contribution in [3.8, 4) is 5.75 Å². The molecule has 2 atom stereocenters. The molecule has 26 heavy (non-hydrogen) atoms. The van der Waals surface area contributed by atoms with Crippen LogP contribution in [0.25, 0.3) is 0 Å². The maximum atomic E-state index is 12.9. The van der Waals surface area contributed by atoms with E-state index in [2.05, 4.69) is 0 Å². The van der Waals surface area contributed by atoms with Gasteiger partial charge in [0.2, 0.25) is 5.91 Å². The van der Waals surface area contributed by atoms with E-state index < -0.39 is 0 Å². The lowest BCUT2D eigenvalue weighted by molar-refractivity contribution is -0.135. The Balaban J connectivity index is 1.62. The number of rotatable bonds is 4. The molecule has 0 aromatic heterocycles. The first-order valence-electron chi connectivity index (χ1n) is 9.36. The third kappa shape index (κ3) is 4.11. The van der Waals surface area contributed by atoms with Crippen molar-refractivity contribution in [2.24, 2.45) is 5.92 Å². The first-order valence-corrected chi connectivity index (χ1v) is 9.36. The van der Waals surface area contributed by atoms with E-state index in [4.69, 9.17) is 4.74 Å². The molecule has 3 aliphatic heterocycles. The number of hydrogen-bond acceptors (Lipinski definition) is 3. The van der Waals surface area contributed by atoms with Gasteiger partial charge in [0.1, 0.15) is 5.75 Å². The van der Waals surface area contributed by atoms with Gasteiger partial charge in [0, 0.05) is 46.2 Å². The highest BCUT2D eigenvalue weighted by atomic mass is 16.5. The summed E-state index contributed by atoms with van der Waals surface area (Å²) < 4.78 is 5.25. The van der Waals surface area contributed by atoms with Gasteiger partial charge in [-0.15, -0.1) is 0 Å². The maximum Gasteiger partial charge on any atom is 0.319 e. The van der Waals surface area contributed by atoms with Gasteiger partial charge in [0.05, 0.1) is 7.11 Å². The molecule has 6 nitrogen and oxygen atoms in total. The van der Waals surface area contributed by atoms with Crippen molar-refractivity contribution in [2.75, 3.05) is 40.8 Å². The Hall–Kier alpha value is -2.24. The summed E-state index contributed by atoms with van der Waals surface area (Å²) in [4.78, 5) is 30.8. The molecule has 0 unspecified atom stereocenters. The Kier molecular flexibility index (Phi) is 5.69. The molecule has 1 aromatic rings. The summed E-state index contributed by atoms with van der Waals surface area (Å²) in [5.74, 6) is 1.40. The predicted molar refractivity (Wildman–Crippen MR) is 100 cm³/mol. The van der Waals surface area contributed by atoms with Crippen LogP contribution in [0.2, 0.25) is 0 Å². The number of carbonyl (C=O) groups is 2. The fraction of sp³-hybridized carbons (Fsp3) is 0.600. The summed E-state index contributed by atoms with van der Waals surface area (Å²) in [6, 6.07) is 8.08. The zero-order chi connectivity index (χ0) is 18.7. The Labute approximate surface area is 155 Å². The maximum absolute atomic E-state index is 12.9. The minimum Gasteiger partial charge on any atom is -0.497 e. The number of urea groups is 1. The lowest BCUT2D eigenvalue weighted by atomic mass is 9.94. The number of benzene rings is 1. The van der Waals surface area contributed by atoms with Gasteiger partial charge in [-0.3, -0.25) is 4.79 Å². The predicted octanol–water partition coefficient (Wildman–Crippen LogP) is 2.23. The number of nitrogens with zero attached hydrogens (tertiary/aromatic N) is 3. The van der Waals surface area contributed by atoms with Crippen LogP contribution in [0.1, 0.15) is 24.8 Å². The number of amides is 3. The lowest BCUT2D eigenvalue weighted by Gasteiger charge is -2.36. The second-order valence-corrected chi connectivity index (χ2v) is 7.58. The fourth-order valence-corrected chi connectivity index (χ4v) is 4.05. The molecule has 0 aliphatic carbocycles. The summed E-state index contributed by atoms with van der Waals surface area (Å²) in [6.45, 7) is 2.18. The Morgan fingerprint density at radius 2 is 2.00 bits per heavy atom. The molecule has 3 saturated heterocycles. The smallest absolute Gasteiger partial charge is 0.319 e. The van der Waals surface area contributed by atoms with E-state index in [-0.39, 0.29) is 18.0 Å². The molecule has 1 aromatic carbocycles. The zero-order valence-electron chi connectivity index (χ0n) is 16.0. The number of carbonyl (C=O) groups excluding carboxylic acids is 2. The van der Waals surface area contributed by atoms with Gasteiger partial charge in [-0.25, -0.2) is 4.79 Å². The van der Waals surface area contributed by atoms with Gasteiger partial charge >= 0.3 is 6.03 Å². The van der Waals surface area contributed by atoms with Crippen LogP contribution in [0.3, 0.4) is 0 Å². The second kappa shape index (κ2) is 7.98. The third-order valence-corrected chi connectivity index (χ3v) is 5.45. The standard InChI is InChI=1S/C20H29N3O3/c1-21(2)20(25)22-12-16-7-9-17(14-22)23(13-16)19(24)10-8-15-5-4-6-18(11-15)26-3/h4-6,11,16-17H,7-10,12-14H2,1-3H3/t16-,17+/m0/s1. The highest BCUT2D eigenvalue weighted by Crippen LogP contribution is 2.29. The van der Waals surface area contributed by atoms with E-state index in [9.17, 15) is 9.59 Å². The van der Waals surface area contributed by atoms with Crippen molar-refractivity contribution in [1.82, 2.24) is 14.7 Å². The fourth-order valence-electron chi connectivity index (χ4n) is 4.05. The Morgan fingerprint density at radius 1 is 1.19 bits per heavy atom. The Bertz CT molecular complexity index is 661. The minimum absolute atomic E-state index is 0.0487. The van der Waals surface area contributed by atoms with Crippen LogP contribution >= 0.6 is 0 Å². The van der Waals surface area contributed by atoms with Crippen molar-refractivity contribution in [3.63, 3.8) is 0 Å². The monoisotopic (exact) mass is 359 g/mol. The molecule has 2 bridgehead atoms. The normalized spacial score (nSPS) is 22.1. The van der Waals surface area contributed by atoms with Crippen LogP contribution < -0.4 is 4.74 Å².